The van der Waals surface area contributed by atoms with Crippen LogP contribution in [0.1, 0.15) is 31.2 Å². The Morgan fingerprint density at radius 3 is 2.52 bits per heavy atom. The van der Waals surface area contributed by atoms with Crippen molar-refractivity contribution in [2.75, 3.05) is 11.4 Å². The minimum absolute atomic E-state index is 0.217. The molecular weight excluding hydrogens is 258 g/mol. The predicted molar refractivity (Wildman–Crippen MR) is 85.3 cm³/mol. The van der Waals surface area contributed by atoms with E-state index in [2.05, 4.69) is 36.9 Å². The molecule has 1 aromatic rings. The number of fused-ring (bicyclic) bond motifs is 5. The Morgan fingerprint density at radius 2 is 1.86 bits per heavy atom. The molecule has 1 saturated carbocycles. The van der Waals surface area contributed by atoms with Gasteiger partial charge >= 0.3 is 0 Å². The van der Waals surface area contributed by atoms with Gasteiger partial charge in [-0.05, 0) is 49.1 Å². The molecule has 21 heavy (non-hydrogen) atoms. The standard InChI is InChI=1S/C19H21NO/c1-2-13-20-17-12-8-7-11-16(17)19(18(20)21)14-9-5-3-4-6-10-15(14)19/h2-4,7-8,11-12,14-15H,1,5-6,9-10,13H2/b4-3-/t14-,15+,19?. The minimum Gasteiger partial charge on any atom is -0.308 e. The monoisotopic (exact) mass is 279 g/mol. The van der Waals surface area contributed by atoms with E-state index in [1.807, 2.05) is 17.0 Å². The predicted octanol–water partition coefficient (Wildman–Crippen LogP) is 3.83. The van der Waals surface area contributed by atoms with Crippen LogP contribution in [-0.2, 0) is 10.2 Å². The number of hydrogen-bond donors (Lipinski definition) is 0. The van der Waals surface area contributed by atoms with Gasteiger partial charge in [-0.25, -0.2) is 0 Å². The van der Waals surface area contributed by atoms with Crippen molar-refractivity contribution in [2.45, 2.75) is 31.1 Å². The van der Waals surface area contributed by atoms with E-state index in [1.54, 1.807) is 0 Å². The van der Waals surface area contributed by atoms with Gasteiger partial charge in [-0.15, -0.1) is 6.58 Å². The maximum atomic E-state index is 13.2. The topological polar surface area (TPSA) is 20.3 Å². The van der Waals surface area contributed by atoms with Gasteiger partial charge in [0.1, 0.15) is 0 Å². The SMILES string of the molecule is C=CCN1C(=O)C2(c3ccccc31)[C@@H]1CC/C=C\CC[C@@H]12. The maximum absolute atomic E-state index is 13.2. The van der Waals surface area contributed by atoms with Crippen LogP contribution in [0.25, 0.3) is 0 Å². The first-order valence-corrected chi connectivity index (χ1v) is 7.99. The lowest BCUT2D eigenvalue weighted by atomic mass is 9.91. The first-order chi connectivity index (χ1) is 10.3. The summed E-state index contributed by atoms with van der Waals surface area (Å²) in [5.74, 6) is 1.39. The van der Waals surface area contributed by atoms with Crippen LogP contribution in [-0.4, -0.2) is 12.5 Å². The Labute approximate surface area is 126 Å². The van der Waals surface area contributed by atoms with E-state index in [9.17, 15) is 4.79 Å². The molecule has 1 amide bonds. The van der Waals surface area contributed by atoms with Crippen LogP contribution < -0.4 is 4.90 Å². The third-order valence-electron chi connectivity index (χ3n) is 5.55. The quantitative estimate of drug-likeness (QED) is 0.753. The fraction of sp³-hybridized carbons (Fsp3) is 0.421. The minimum atomic E-state index is -0.217. The number of para-hydroxylation sites is 1. The van der Waals surface area contributed by atoms with Crippen LogP contribution >= 0.6 is 0 Å². The highest BCUT2D eigenvalue weighted by atomic mass is 16.2. The van der Waals surface area contributed by atoms with Crippen LogP contribution in [0.4, 0.5) is 5.69 Å². The number of hydrogen-bond acceptors (Lipinski definition) is 1. The normalized spacial score (nSPS) is 34.9. The number of nitrogens with zero attached hydrogens (tertiary/aromatic N) is 1. The summed E-state index contributed by atoms with van der Waals surface area (Å²) in [6.45, 7) is 4.44. The summed E-state index contributed by atoms with van der Waals surface area (Å²) in [7, 11) is 0. The van der Waals surface area contributed by atoms with E-state index >= 15 is 0 Å². The molecule has 1 unspecified atom stereocenters. The zero-order valence-electron chi connectivity index (χ0n) is 12.3. The molecule has 0 N–H and O–H groups in total. The van der Waals surface area contributed by atoms with Crippen molar-refractivity contribution in [3.8, 4) is 0 Å². The van der Waals surface area contributed by atoms with Gasteiger partial charge in [0.05, 0.1) is 5.41 Å². The van der Waals surface area contributed by atoms with Crippen molar-refractivity contribution in [3.63, 3.8) is 0 Å². The molecule has 3 aliphatic rings. The van der Waals surface area contributed by atoms with Crippen molar-refractivity contribution >= 4 is 11.6 Å². The lowest BCUT2D eigenvalue weighted by Crippen LogP contribution is -2.34. The molecule has 0 radical (unpaired) electrons. The van der Waals surface area contributed by atoms with Gasteiger partial charge in [0.25, 0.3) is 0 Å². The lowest BCUT2D eigenvalue weighted by Gasteiger charge is -2.16. The second kappa shape index (κ2) is 4.59. The fourth-order valence-corrected chi connectivity index (χ4v) is 4.72. The Bertz CT molecular complexity index is 614. The molecule has 108 valence electrons. The Balaban J connectivity index is 1.80. The number of rotatable bonds is 2. The molecule has 4 rings (SSSR count). The van der Waals surface area contributed by atoms with E-state index in [4.69, 9.17) is 0 Å². The van der Waals surface area contributed by atoms with Gasteiger partial charge in [-0.3, -0.25) is 4.79 Å². The van der Waals surface area contributed by atoms with Crippen molar-refractivity contribution < 1.29 is 4.79 Å². The van der Waals surface area contributed by atoms with Crippen LogP contribution in [0.15, 0.2) is 49.1 Å². The highest BCUT2D eigenvalue weighted by Gasteiger charge is 2.72. The lowest BCUT2D eigenvalue weighted by molar-refractivity contribution is -0.120. The zero-order valence-corrected chi connectivity index (χ0v) is 12.3. The van der Waals surface area contributed by atoms with Crippen LogP contribution in [0.3, 0.4) is 0 Å². The molecule has 3 atom stereocenters. The zero-order chi connectivity index (χ0) is 14.4. The van der Waals surface area contributed by atoms with Gasteiger partial charge in [0, 0.05) is 12.2 Å². The fourth-order valence-electron chi connectivity index (χ4n) is 4.72. The number of carbonyl (C=O) groups is 1. The number of amides is 1. The third-order valence-corrected chi connectivity index (χ3v) is 5.55. The number of allylic oxidation sites excluding steroid dienone is 2. The summed E-state index contributed by atoms with van der Waals surface area (Å²) in [6.07, 6.45) is 10.9. The molecule has 2 aliphatic carbocycles. The van der Waals surface area contributed by atoms with E-state index in [1.165, 1.54) is 5.56 Å². The largest absolute Gasteiger partial charge is 0.308 e. The molecular formula is C19H21NO. The molecule has 0 aromatic heterocycles. The Hall–Kier alpha value is -1.83. The smallest absolute Gasteiger partial charge is 0.238 e. The second-order valence-corrected chi connectivity index (χ2v) is 6.43. The van der Waals surface area contributed by atoms with E-state index in [-0.39, 0.29) is 5.41 Å². The van der Waals surface area contributed by atoms with E-state index < -0.39 is 0 Å². The summed E-state index contributed by atoms with van der Waals surface area (Å²) in [4.78, 5) is 15.1. The van der Waals surface area contributed by atoms with Crippen molar-refractivity contribution in [1.29, 1.82) is 0 Å². The summed E-state index contributed by atoms with van der Waals surface area (Å²) in [5.41, 5.74) is 2.17. The van der Waals surface area contributed by atoms with Crippen LogP contribution in [0.2, 0.25) is 0 Å². The number of benzene rings is 1. The first-order valence-electron chi connectivity index (χ1n) is 7.99. The molecule has 2 nitrogen and oxygen atoms in total. The molecule has 0 saturated heterocycles. The molecule has 1 heterocycles. The summed E-state index contributed by atoms with van der Waals surface area (Å²) < 4.78 is 0. The molecule has 1 aliphatic heterocycles. The number of anilines is 1. The van der Waals surface area contributed by atoms with E-state index in [0.717, 1.165) is 31.4 Å². The van der Waals surface area contributed by atoms with Gasteiger partial charge in [-0.1, -0.05) is 36.4 Å². The van der Waals surface area contributed by atoms with Gasteiger partial charge in [0.15, 0.2) is 0 Å². The summed E-state index contributed by atoms with van der Waals surface area (Å²) >= 11 is 0. The second-order valence-electron chi connectivity index (χ2n) is 6.43. The molecule has 1 spiro atoms. The third kappa shape index (κ3) is 1.56. The van der Waals surface area contributed by atoms with Crippen LogP contribution in [0.5, 0.6) is 0 Å². The van der Waals surface area contributed by atoms with Gasteiger partial charge in [0.2, 0.25) is 5.91 Å². The maximum Gasteiger partial charge on any atom is 0.238 e. The van der Waals surface area contributed by atoms with Crippen molar-refractivity contribution in [2.24, 2.45) is 11.8 Å². The van der Waals surface area contributed by atoms with Crippen molar-refractivity contribution in [1.82, 2.24) is 0 Å². The van der Waals surface area contributed by atoms with Crippen LogP contribution in [0, 0.1) is 11.8 Å². The average Bonchev–Trinajstić information content (AvgIpc) is 3.02. The summed E-state index contributed by atoms with van der Waals surface area (Å²) in [6, 6.07) is 8.38. The highest BCUT2D eigenvalue weighted by molar-refractivity contribution is 6.11. The highest BCUT2D eigenvalue weighted by Crippen LogP contribution is 2.69. The van der Waals surface area contributed by atoms with Gasteiger partial charge < -0.3 is 4.90 Å². The molecule has 2 heteroatoms. The molecule has 1 fully saturated rings. The molecule has 0 bridgehead atoms. The average molecular weight is 279 g/mol. The number of carbonyl (C=O) groups excluding carboxylic acids is 1. The Kier molecular flexibility index (Phi) is 2.81. The van der Waals surface area contributed by atoms with Gasteiger partial charge in [-0.2, -0.15) is 0 Å². The Morgan fingerprint density at radius 1 is 1.19 bits per heavy atom. The molecule has 1 aromatic carbocycles. The first kappa shape index (κ1) is 12.9. The van der Waals surface area contributed by atoms with E-state index in [0.29, 0.717) is 24.3 Å². The summed E-state index contributed by atoms with van der Waals surface area (Å²) in [5, 5.41) is 0. The van der Waals surface area contributed by atoms with Crippen molar-refractivity contribution in [3.05, 3.63) is 54.6 Å².